The number of aromatic nitrogens is 1. The lowest BCUT2D eigenvalue weighted by Gasteiger charge is -2.18. The van der Waals surface area contributed by atoms with Crippen LogP contribution in [-0.2, 0) is 5.41 Å². The maximum absolute atomic E-state index is 5.06. The topological polar surface area (TPSA) is 17.3 Å². The van der Waals surface area contributed by atoms with Crippen LogP contribution in [0.1, 0.15) is 37.6 Å². The molecule has 0 bridgehead atoms. The second-order valence-corrected chi connectivity index (χ2v) is 8.20. The number of nitrogens with zero attached hydrogens (tertiary/aromatic N) is 2. The number of benzene rings is 3. The zero-order chi connectivity index (χ0) is 18.6. The van der Waals surface area contributed by atoms with E-state index in [1.807, 2.05) is 0 Å². The average Bonchev–Trinajstić information content (AvgIpc) is 3.18. The van der Waals surface area contributed by atoms with Crippen LogP contribution in [0.15, 0.2) is 83.9 Å². The van der Waals surface area contributed by atoms with Gasteiger partial charge in [0.05, 0.1) is 28.3 Å². The standard InChI is InChI=1S/C25H22N2/c1-25(2,3)18-12-14-19(15-13-18)26-24-20-9-5-7-11-22(20)27-21-10-6-4-8-17(21)16-23(24)27/h4-16H,1-3H3. The van der Waals surface area contributed by atoms with Gasteiger partial charge in [0.2, 0.25) is 0 Å². The van der Waals surface area contributed by atoms with Gasteiger partial charge < -0.3 is 4.57 Å². The monoisotopic (exact) mass is 350 g/mol. The minimum Gasteiger partial charge on any atom is -0.307 e. The molecule has 2 nitrogen and oxygen atoms in total. The van der Waals surface area contributed by atoms with Crippen molar-refractivity contribution in [3.05, 3.63) is 95.7 Å². The van der Waals surface area contributed by atoms with Crippen molar-refractivity contribution in [3.63, 3.8) is 0 Å². The van der Waals surface area contributed by atoms with Gasteiger partial charge in [-0.05, 0) is 41.3 Å². The van der Waals surface area contributed by atoms with Crippen molar-refractivity contribution in [2.75, 3.05) is 0 Å². The van der Waals surface area contributed by atoms with E-state index in [9.17, 15) is 0 Å². The first-order valence-electron chi connectivity index (χ1n) is 9.42. The van der Waals surface area contributed by atoms with Gasteiger partial charge >= 0.3 is 0 Å². The summed E-state index contributed by atoms with van der Waals surface area (Å²) in [5.41, 5.74) is 8.31. The van der Waals surface area contributed by atoms with E-state index in [1.54, 1.807) is 0 Å². The number of hydrogen-bond donors (Lipinski definition) is 0. The first-order valence-corrected chi connectivity index (χ1v) is 9.42. The van der Waals surface area contributed by atoms with Crippen molar-refractivity contribution in [2.24, 2.45) is 4.99 Å². The summed E-state index contributed by atoms with van der Waals surface area (Å²) in [7, 11) is 0. The van der Waals surface area contributed by atoms with Gasteiger partial charge in [0.25, 0.3) is 0 Å². The molecule has 0 atom stereocenters. The third-order valence-electron chi connectivity index (χ3n) is 5.33. The predicted molar refractivity (Wildman–Crippen MR) is 114 cm³/mol. The molecular weight excluding hydrogens is 328 g/mol. The van der Waals surface area contributed by atoms with Crippen molar-refractivity contribution < 1.29 is 0 Å². The Balaban J connectivity index is 1.70. The quantitative estimate of drug-likeness (QED) is 0.332. The van der Waals surface area contributed by atoms with E-state index in [0.29, 0.717) is 0 Å². The minimum absolute atomic E-state index is 0.151. The van der Waals surface area contributed by atoms with E-state index < -0.39 is 0 Å². The highest BCUT2D eigenvalue weighted by Gasteiger charge is 2.26. The summed E-state index contributed by atoms with van der Waals surface area (Å²) in [6.07, 6.45) is 0. The van der Waals surface area contributed by atoms with E-state index in [-0.39, 0.29) is 5.41 Å². The number of hydrogen-bond acceptors (Lipinski definition) is 1. The van der Waals surface area contributed by atoms with Gasteiger partial charge in [-0.3, -0.25) is 0 Å². The van der Waals surface area contributed by atoms with Crippen molar-refractivity contribution >= 4 is 22.3 Å². The van der Waals surface area contributed by atoms with E-state index in [1.165, 1.54) is 27.7 Å². The Morgan fingerprint density at radius 2 is 1.48 bits per heavy atom. The predicted octanol–water partition coefficient (Wildman–Crippen LogP) is 6.41. The fraction of sp³-hybridized carbons (Fsp3) is 0.160. The molecule has 0 saturated heterocycles. The fourth-order valence-electron chi connectivity index (χ4n) is 3.88. The molecule has 132 valence electrons. The Kier molecular flexibility index (Phi) is 3.38. The lowest BCUT2D eigenvalue weighted by molar-refractivity contribution is 0.590. The first kappa shape index (κ1) is 16.1. The highest BCUT2D eigenvalue weighted by molar-refractivity contribution is 6.20. The molecule has 3 aromatic carbocycles. The van der Waals surface area contributed by atoms with E-state index in [4.69, 9.17) is 4.99 Å². The molecular formula is C25H22N2. The number of aliphatic imine (C=N–C) groups is 1. The van der Waals surface area contributed by atoms with Crippen LogP contribution in [0.4, 0.5) is 5.69 Å². The molecule has 27 heavy (non-hydrogen) atoms. The van der Waals surface area contributed by atoms with Crippen LogP contribution < -0.4 is 0 Å². The van der Waals surface area contributed by atoms with E-state index in [2.05, 4.69) is 104 Å². The van der Waals surface area contributed by atoms with Gasteiger partial charge in [-0.15, -0.1) is 0 Å². The average molecular weight is 350 g/mol. The smallest absolute Gasteiger partial charge is 0.0970 e. The van der Waals surface area contributed by atoms with E-state index in [0.717, 1.165) is 17.1 Å². The minimum atomic E-state index is 0.151. The Bertz CT molecular complexity index is 1190. The summed E-state index contributed by atoms with van der Waals surface area (Å²) < 4.78 is 2.33. The van der Waals surface area contributed by atoms with Crippen LogP contribution in [0, 0.1) is 0 Å². The molecule has 1 aromatic heterocycles. The largest absolute Gasteiger partial charge is 0.307 e. The van der Waals surface area contributed by atoms with Gasteiger partial charge in [-0.1, -0.05) is 69.3 Å². The van der Waals surface area contributed by atoms with Crippen molar-refractivity contribution in [2.45, 2.75) is 26.2 Å². The molecule has 0 saturated carbocycles. The third-order valence-corrected chi connectivity index (χ3v) is 5.33. The normalized spacial score (nSPS) is 14.6. The van der Waals surface area contributed by atoms with Crippen LogP contribution in [0.25, 0.3) is 16.6 Å². The maximum Gasteiger partial charge on any atom is 0.0970 e. The highest BCUT2D eigenvalue weighted by Crippen LogP contribution is 2.35. The van der Waals surface area contributed by atoms with Gasteiger partial charge in [-0.2, -0.15) is 0 Å². The van der Waals surface area contributed by atoms with E-state index >= 15 is 0 Å². The summed E-state index contributed by atoms with van der Waals surface area (Å²) in [5, 5.41) is 1.25. The summed E-state index contributed by atoms with van der Waals surface area (Å²) in [6.45, 7) is 6.71. The molecule has 1 aliphatic heterocycles. The molecule has 0 fully saturated rings. The van der Waals surface area contributed by atoms with Crippen LogP contribution in [-0.4, -0.2) is 10.3 Å². The Morgan fingerprint density at radius 3 is 2.26 bits per heavy atom. The zero-order valence-corrected chi connectivity index (χ0v) is 15.9. The molecule has 0 aliphatic carbocycles. The second kappa shape index (κ2) is 5.68. The molecule has 4 aromatic rings. The van der Waals surface area contributed by atoms with Crippen molar-refractivity contribution in [1.82, 2.24) is 4.57 Å². The van der Waals surface area contributed by atoms with Crippen molar-refractivity contribution in [1.29, 1.82) is 0 Å². The number of para-hydroxylation sites is 2. The number of fused-ring (bicyclic) bond motifs is 5. The lowest BCUT2D eigenvalue weighted by Crippen LogP contribution is -2.10. The molecule has 2 heteroatoms. The molecule has 0 radical (unpaired) electrons. The summed E-state index contributed by atoms with van der Waals surface area (Å²) in [4.78, 5) is 5.06. The summed E-state index contributed by atoms with van der Waals surface area (Å²) in [6, 6.07) is 27.9. The zero-order valence-electron chi connectivity index (χ0n) is 15.9. The molecule has 0 amide bonds. The Hall–Kier alpha value is -3.13. The Labute approximate surface area is 159 Å². The molecule has 2 heterocycles. The SMILES string of the molecule is CC(C)(C)c1ccc(N=C2c3ccccc3-n3c2cc2ccccc23)cc1. The van der Waals surface area contributed by atoms with Crippen LogP contribution in [0.3, 0.4) is 0 Å². The molecule has 0 spiro atoms. The highest BCUT2D eigenvalue weighted by atomic mass is 15.0. The molecule has 0 N–H and O–H groups in total. The fourth-order valence-corrected chi connectivity index (χ4v) is 3.88. The molecule has 1 aliphatic rings. The van der Waals surface area contributed by atoms with Gasteiger partial charge in [0, 0.05) is 10.9 Å². The molecule has 5 rings (SSSR count). The van der Waals surface area contributed by atoms with Crippen LogP contribution >= 0.6 is 0 Å². The first-order chi connectivity index (χ1) is 13.0. The van der Waals surface area contributed by atoms with Gasteiger partial charge in [-0.25, -0.2) is 4.99 Å². The third kappa shape index (κ3) is 2.52. The maximum atomic E-state index is 5.06. The lowest BCUT2D eigenvalue weighted by atomic mass is 9.87. The summed E-state index contributed by atoms with van der Waals surface area (Å²) >= 11 is 0. The Morgan fingerprint density at radius 1 is 0.778 bits per heavy atom. The van der Waals surface area contributed by atoms with Gasteiger partial charge in [0.1, 0.15) is 0 Å². The number of rotatable bonds is 1. The second-order valence-electron chi connectivity index (χ2n) is 8.20. The van der Waals surface area contributed by atoms with Crippen LogP contribution in [0.5, 0.6) is 0 Å². The molecule has 0 unspecified atom stereocenters. The summed E-state index contributed by atoms with van der Waals surface area (Å²) in [5.74, 6) is 0. The van der Waals surface area contributed by atoms with Crippen molar-refractivity contribution in [3.8, 4) is 5.69 Å². The van der Waals surface area contributed by atoms with Gasteiger partial charge in [0.15, 0.2) is 0 Å². The van der Waals surface area contributed by atoms with Crippen LogP contribution in [0.2, 0.25) is 0 Å².